The van der Waals surface area contributed by atoms with E-state index in [0.29, 0.717) is 29.7 Å². The van der Waals surface area contributed by atoms with E-state index in [-0.39, 0.29) is 12.6 Å². The molecule has 1 aromatic rings. The minimum absolute atomic E-state index is 0.0775. The second-order valence-electron chi connectivity index (χ2n) is 4.20. The zero-order valence-electron chi connectivity index (χ0n) is 11.7. The van der Waals surface area contributed by atoms with Crippen molar-refractivity contribution in [1.29, 1.82) is 0 Å². The number of benzene rings is 1. The van der Waals surface area contributed by atoms with Crippen molar-refractivity contribution in [2.24, 2.45) is 0 Å². The minimum Gasteiger partial charge on any atom is -0.493 e. The molecule has 1 unspecified atom stereocenters. The second-order valence-corrected chi connectivity index (χ2v) is 4.60. The first-order valence-electron chi connectivity index (χ1n) is 6.49. The van der Waals surface area contributed by atoms with Gasteiger partial charge in [-0.15, -0.1) is 0 Å². The van der Waals surface area contributed by atoms with Crippen LogP contribution in [0.3, 0.4) is 0 Å². The van der Waals surface area contributed by atoms with E-state index in [1.54, 1.807) is 13.2 Å². The van der Waals surface area contributed by atoms with Crippen LogP contribution in [0.1, 0.15) is 25.8 Å². The molecule has 1 atom stereocenters. The van der Waals surface area contributed by atoms with Gasteiger partial charge < -0.3 is 19.9 Å². The first kappa shape index (κ1) is 16.1. The van der Waals surface area contributed by atoms with Crippen molar-refractivity contribution < 1.29 is 14.6 Å². The molecular weight excluding hydrogens is 266 g/mol. The molecule has 0 aliphatic rings. The normalized spacial score (nSPS) is 12.3. The van der Waals surface area contributed by atoms with Crippen molar-refractivity contribution in [3.63, 3.8) is 0 Å². The molecule has 0 saturated heterocycles. The van der Waals surface area contributed by atoms with Crippen molar-refractivity contribution in [2.45, 2.75) is 32.9 Å². The largest absolute Gasteiger partial charge is 0.493 e. The minimum atomic E-state index is 0.0775. The number of rotatable bonds is 8. The molecule has 1 rings (SSSR count). The van der Waals surface area contributed by atoms with Gasteiger partial charge in [0.25, 0.3) is 0 Å². The fraction of sp³-hybridized carbons (Fsp3) is 0.571. The van der Waals surface area contributed by atoms with Crippen molar-refractivity contribution in [3.8, 4) is 11.5 Å². The third-order valence-electron chi connectivity index (χ3n) is 2.93. The van der Waals surface area contributed by atoms with Gasteiger partial charge in [-0.05, 0) is 25.0 Å². The molecular formula is C14H22ClNO3. The van der Waals surface area contributed by atoms with Crippen molar-refractivity contribution in [2.75, 3.05) is 20.3 Å². The maximum Gasteiger partial charge on any atom is 0.162 e. The van der Waals surface area contributed by atoms with Gasteiger partial charge in [-0.3, -0.25) is 0 Å². The molecule has 0 heterocycles. The molecule has 2 N–H and O–H groups in total. The van der Waals surface area contributed by atoms with E-state index in [2.05, 4.69) is 5.32 Å². The zero-order chi connectivity index (χ0) is 14.3. The summed E-state index contributed by atoms with van der Waals surface area (Å²) in [7, 11) is 1.59. The average Bonchev–Trinajstić information content (AvgIpc) is 2.42. The number of methoxy groups -OCH3 is 1. The van der Waals surface area contributed by atoms with Gasteiger partial charge in [0.05, 0.1) is 20.3 Å². The summed E-state index contributed by atoms with van der Waals surface area (Å²) in [5.41, 5.74) is 0.929. The summed E-state index contributed by atoms with van der Waals surface area (Å²) in [6, 6.07) is 3.71. The van der Waals surface area contributed by atoms with E-state index < -0.39 is 0 Å². The number of hydrogen-bond acceptors (Lipinski definition) is 4. The van der Waals surface area contributed by atoms with Crippen LogP contribution in [0.25, 0.3) is 0 Å². The van der Waals surface area contributed by atoms with E-state index in [1.807, 2.05) is 19.9 Å². The molecule has 108 valence electrons. The Morgan fingerprint density at radius 3 is 2.58 bits per heavy atom. The molecule has 5 heteroatoms. The average molecular weight is 288 g/mol. The van der Waals surface area contributed by atoms with Crippen LogP contribution in [0.5, 0.6) is 11.5 Å². The Morgan fingerprint density at radius 2 is 2.05 bits per heavy atom. The Hall–Kier alpha value is -0.970. The van der Waals surface area contributed by atoms with Crippen LogP contribution in [-0.4, -0.2) is 31.5 Å². The summed E-state index contributed by atoms with van der Waals surface area (Å²) in [6.07, 6.45) is 0.864. The number of aliphatic hydroxyl groups excluding tert-OH is 1. The monoisotopic (exact) mass is 287 g/mol. The molecule has 0 spiro atoms. The fourth-order valence-corrected chi connectivity index (χ4v) is 1.95. The lowest BCUT2D eigenvalue weighted by Crippen LogP contribution is -2.31. The smallest absolute Gasteiger partial charge is 0.162 e. The number of halogens is 1. The van der Waals surface area contributed by atoms with Gasteiger partial charge in [0.15, 0.2) is 11.5 Å². The molecule has 1 aromatic carbocycles. The number of nitrogens with one attached hydrogen (secondary N) is 1. The van der Waals surface area contributed by atoms with Crippen LogP contribution in [-0.2, 0) is 6.54 Å². The topological polar surface area (TPSA) is 50.7 Å². The lowest BCUT2D eigenvalue weighted by atomic mass is 10.1. The fourth-order valence-electron chi connectivity index (χ4n) is 1.73. The number of aliphatic hydroxyl groups is 1. The van der Waals surface area contributed by atoms with Gasteiger partial charge in [0, 0.05) is 23.7 Å². The van der Waals surface area contributed by atoms with Crippen LogP contribution in [0.4, 0.5) is 0 Å². The Kier molecular flexibility index (Phi) is 6.99. The summed E-state index contributed by atoms with van der Waals surface area (Å²) >= 11 is 6.21. The molecule has 0 fully saturated rings. The quantitative estimate of drug-likeness (QED) is 0.772. The van der Waals surface area contributed by atoms with Gasteiger partial charge >= 0.3 is 0 Å². The van der Waals surface area contributed by atoms with Crippen molar-refractivity contribution in [3.05, 3.63) is 22.7 Å². The highest BCUT2D eigenvalue weighted by atomic mass is 35.5. The SMILES string of the molecule is CCOc1cc(CNC(CC)CO)c(Cl)cc1OC. The van der Waals surface area contributed by atoms with Crippen LogP contribution in [0.2, 0.25) is 5.02 Å². The van der Waals surface area contributed by atoms with Crippen LogP contribution in [0.15, 0.2) is 12.1 Å². The predicted octanol–water partition coefficient (Wildman–Crippen LogP) is 2.61. The van der Waals surface area contributed by atoms with Gasteiger partial charge in [0.2, 0.25) is 0 Å². The van der Waals surface area contributed by atoms with Gasteiger partial charge in [0.1, 0.15) is 0 Å². The zero-order valence-corrected chi connectivity index (χ0v) is 12.5. The summed E-state index contributed by atoms with van der Waals surface area (Å²) in [6.45, 7) is 5.21. The summed E-state index contributed by atoms with van der Waals surface area (Å²) < 4.78 is 10.8. The maximum atomic E-state index is 9.15. The highest BCUT2D eigenvalue weighted by molar-refractivity contribution is 6.31. The standard InChI is InChI=1S/C14H22ClNO3/c1-4-11(9-17)16-8-10-6-14(19-5-2)13(18-3)7-12(10)15/h6-7,11,16-17H,4-5,8-9H2,1-3H3. The first-order valence-corrected chi connectivity index (χ1v) is 6.87. The molecule has 0 aliphatic heterocycles. The van der Waals surface area contributed by atoms with Gasteiger partial charge in [-0.1, -0.05) is 18.5 Å². The van der Waals surface area contributed by atoms with Crippen molar-refractivity contribution >= 4 is 11.6 Å². The molecule has 0 aliphatic carbocycles. The van der Waals surface area contributed by atoms with E-state index in [9.17, 15) is 0 Å². The van der Waals surface area contributed by atoms with Crippen LogP contribution < -0.4 is 14.8 Å². The lowest BCUT2D eigenvalue weighted by molar-refractivity contribution is 0.238. The Morgan fingerprint density at radius 1 is 1.32 bits per heavy atom. The maximum absolute atomic E-state index is 9.15. The lowest BCUT2D eigenvalue weighted by Gasteiger charge is -2.16. The third kappa shape index (κ3) is 4.56. The summed E-state index contributed by atoms with van der Waals surface area (Å²) in [5.74, 6) is 1.31. The molecule has 19 heavy (non-hydrogen) atoms. The van der Waals surface area contributed by atoms with E-state index in [4.69, 9.17) is 26.2 Å². The molecule has 0 radical (unpaired) electrons. The summed E-state index contributed by atoms with van der Waals surface area (Å²) in [4.78, 5) is 0. The summed E-state index contributed by atoms with van der Waals surface area (Å²) in [5, 5.41) is 13.0. The second kappa shape index (κ2) is 8.25. The predicted molar refractivity (Wildman–Crippen MR) is 77.2 cm³/mol. The molecule has 4 nitrogen and oxygen atoms in total. The van der Waals surface area contributed by atoms with Crippen LogP contribution in [0, 0.1) is 0 Å². The Labute approximate surface area is 119 Å². The number of hydrogen-bond donors (Lipinski definition) is 2. The first-order chi connectivity index (χ1) is 9.15. The molecule has 0 saturated carbocycles. The Bertz CT molecular complexity index is 395. The molecule has 0 amide bonds. The Balaban J connectivity index is 2.85. The van der Waals surface area contributed by atoms with Crippen LogP contribution >= 0.6 is 11.6 Å². The molecule has 0 aromatic heterocycles. The highest BCUT2D eigenvalue weighted by Crippen LogP contribution is 2.33. The van der Waals surface area contributed by atoms with Crippen molar-refractivity contribution in [1.82, 2.24) is 5.32 Å². The van der Waals surface area contributed by atoms with Gasteiger partial charge in [-0.2, -0.15) is 0 Å². The highest BCUT2D eigenvalue weighted by Gasteiger charge is 2.11. The molecule has 0 bridgehead atoms. The van der Waals surface area contributed by atoms with E-state index >= 15 is 0 Å². The van der Waals surface area contributed by atoms with E-state index in [1.165, 1.54) is 0 Å². The third-order valence-corrected chi connectivity index (χ3v) is 3.28. The van der Waals surface area contributed by atoms with Gasteiger partial charge in [-0.25, -0.2) is 0 Å². The van der Waals surface area contributed by atoms with E-state index in [0.717, 1.165) is 12.0 Å². The number of ether oxygens (including phenoxy) is 2.